The molecule has 0 aliphatic rings. The van der Waals surface area contributed by atoms with Crippen LogP contribution in [-0.2, 0) is 14.4 Å². The van der Waals surface area contributed by atoms with Gasteiger partial charge in [0, 0.05) is 13.0 Å². The van der Waals surface area contributed by atoms with Crippen LogP contribution in [0, 0.1) is 0 Å². The summed E-state index contributed by atoms with van der Waals surface area (Å²) in [5.74, 6) is -1.28. The molecule has 0 rings (SSSR count). The first kappa shape index (κ1) is 14.4. The summed E-state index contributed by atoms with van der Waals surface area (Å²) in [7, 11) is 0. The third kappa shape index (κ3) is 5.97. The van der Waals surface area contributed by atoms with E-state index in [9.17, 15) is 14.4 Å². The number of carbonyl (C=O) groups excluding carboxylic acids is 3. The molecule has 6 N–H and O–H groups in total. The van der Waals surface area contributed by atoms with E-state index >= 15 is 0 Å². The van der Waals surface area contributed by atoms with Crippen LogP contribution in [0.3, 0.4) is 0 Å². The highest BCUT2D eigenvalue weighted by atomic mass is 16.2. The van der Waals surface area contributed by atoms with Gasteiger partial charge in [-0.25, -0.2) is 0 Å². The third-order valence-corrected chi connectivity index (χ3v) is 1.84. The predicted octanol–water partition coefficient (Wildman–Crippen LogP) is -2.17. The fourth-order valence-electron chi connectivity index (χ4n) is 0.872. The van der Waals surface area contributed by atoms with Gasteiger partial charge in [-0.1, -0.05) is 0 Å². The lowest BCUT2D eigenvalue weighted by Gasteiger charge is -2.15. The van der Waals surface area contributed by atoms with Gasteiger partial charge in [0.2, 0.25) is 17.7 Å². The average molecular weight is 230 g/mol. The summed E-state index contributed by atoms with van der Waals surface area (Å²) in [6.45, 7) is 3.21. The van der Waals surface area contributed by atoms with E-state index in [0.29, 0.717) is 0 Å². The van der Waals surface area contributed by atoms with Gasteiger partial charge < -0.3 is 22.1 Å². The largest absolute Gasteiger partial charge is 0.370 e. The summed E-state index contributed by atoms with van der Waals surface area (Å²) < 4.78 is 0. The van der Waals surface area contributed by atoms with Gasteiger partial charge >= 0.3 is 0 Å². The van der Waals surface area contributed by atoms with Crippen LogP contribution in [0.4, 0.5) is 0 Å². The first-order chi connectivity index (χ1) is 7.34. The van der Waals surface area contributed by atoms with Gasteiger partial charge in [0.1, 0.15) is 6.04 Å². The van der Waals surface area contributed by atoms with Crippen molar-refractivity contribution in [1.29, 1.82) is 0 Å². The minimum Gasteiger partial charge on any atom is -0.370 e. The van der Waals surface area contributed by atoms with Crippen LogP contribution in [0.5, 0.6) is 0 Å². The number of carbonyl (C=O) groups is 3. The van der Waals surface area contributed by atoms with E-state index in [0.717, 1.165) is 0 Å². The quantitative estimate of drug-likeness (QED) is 0.414. The SMILES string of the molecule is C[C@H](N)C(=O)N[C@@H](C)C(=O)NCCC(N)=O. The van der Waals surface area contributed by atoms with Crippen molar-refractivity contribution in [3.8, 4) is 0 Å². The first-order valence-corrected chi connectivity index (χ1v) is 4.96. The molecule has 0 heterocycles. The zero-order valence-electron chi connectivity index (χ0n) is 9.45. The van der Waals surface area contributed by atoms with E-state index < -0.39 is 23.9 Å². The van der Waals surface area contributed by atoms with E-state index in [1.54, 1.807) is 0 Å². The zero-order valence-corrected chi connectivity index (χ0v) is 9.45. The van der Waals surface area contributed by atoms with Gasteiger partial charge in [-0.05, 0) is 13.8 Å². The van der Waals surface area contributed by atoms with Crippen molar-refractivity contribution in [3.05, 3.63) is 0 Å². The molecule has 0 saturated carbocycles. The lowest BCUT2D eigenvalue weighted by atomic mass is 10.2. The molecule has 0 aromatic carbocycles. The molecule has 16 heavy (non-hydrogen) atoms. The van der Waals surface area contributed by atoms with E-state index in [1.165, 1.54) is 13.8 Å². The monoisotopic (exact) mass is 230 g/mol. The maximum Gasteiger partial charge on any atom is 0.242 e. The van der Waals surface area contributed by atoms with E-state index in [-0.39, 0.29) is 18.9 Å². The molecule has 0 aliphatic carbocycles. The van der Waals surface area contributed by atoms with Crippen LogP contribution < -0.4 is 22.1 Å². The molecule has 0 unspecified atom stereocenters. The standard InChI is InChI=1S/C9H18N4O3/c1-5(10)8(15)13-6(2)9(16)12-4-3-7(11)14/h5-6H,3-4,10H2,1-2H3,(H2,11,14)(H,12,16)(H,13,15)/t5-,6-/m0/s1. The molecule has 3 amide bonds. The molecule has 0 aromatic heterocycles. The van der Waals surface area contributed by atoms with Gasteiger partial charge in [-0.15, -0.1) is 0 Å². The van der Waals surface area contributed by atoms with Crippen molar-refractivity contribution < 1.29 is 14.4 Å². The number of nitrogens with one attached hydrogen (secondary N) is 2. The van der Waals surface area contributed by atoms with Gasteiger partial charge in [0.05, 0.1) is 6.04 Å². The molecule has 0 aliphatic heterocycles. The molecule has 0 saturated heterocycles. The van der Waals surface area contributed by atoms with E-state index in [4.69, 9.17) is 11.5 Å². The molecule has 7 heteroatoms. The van der Waals surface area contributed by atoms with Crippen molar-refractivity contribution in [2.24, 2.45) is 11.5 Å². The van der Waals surface area contributed by atoms with Crippen LogP contribution >= 0.6 is 0 Å². The summed E-state index contributed by atoms with van der Waals surface area (Å²) in [4.78, 5) is 32.9. The number of hydrogen-bond donors (Lipinski definition) is 4. The lowest BCUT2D eigenvalue weighted by Crippen LogP contribution is -2.49. The molecule has 0 aromatic rings. The second-order valence-corrected chi connectivity index (χ2v) is 3.53. The highest BCUT2D eigenvalue weighted by Crippen LogP contribution is 1.85. The number of hydrogen-bond acceptors (Lipinski definition) is 4. The fraction of sp³-hybridized carbons (Fsp3) is 0.667. The van der Waals surface area contributed by atoms with Gasteiger partial charge in [-0.3, -0.25) is 14.4 Å². The maximum atomic E-state index is 11.4. The minimum atomic E-state index is -0.689. The summed E-state index contributed by atoms with van der Waals surface area (Å²) in [6.07, 6.45) is 0.0691. The van der Waals surface area contributed by atoms with Crippen molar-refractivity contribution >= 4 is 17.7 Å². The van der Waals surface area contributed by atoms with Crippen LogP contribution in [-0.4, -0.2) is 36.3 Å². The molecule has 0 radical (unpaired) electrons. The normalized spacial score (nSPS) is 13.7. The molecular formula is C9H18N4O3. The van der Waals surface area contributed by atoms with E-state index in [2.05, 4.69) is 10.6 Å². The van der Waals surface area contributed by atoms with Crippen LogP contribution in [0.15, 0.2) is 0 Å². The van der Waals surface area contributed by atoms with Crippen molar-refractivity contribution in [2.45, 2.75) is 32.4 Å². The van der Waals surface area contributed by atoms with Gasteiger partial charge in [0.25, 0.3) is 0 Å². The minimum absolute atomic E-state index is 0.0691. The summed E-state index contributed by atoms with van der Waals surface area (Å²) >= 11 is 0. The Bertz CT molecular complexity index is 278. The van der Waals surface area contributed by atoms with Crippen molar-refractivity contribution in [2.75, 3.05) is 6.54 Å². The molecule has 92 valence electrons. The molecular weight excluding hydrogens is 212 g/mol. The summed E-state index contributed by atoms with van der Waals surface area (Å²) in [6, 6.07) is -1.35. The Hall–Kier alpha value is -1.63. The second-order valence-electron chi connectivity index (χ2n) is 3.53. The van der Waals surface area contributed by atoms with Crippen molar-refractivity contribution in [1.82, 2.24) is 10.6 Å². The highest BCUT2D eigenvalue weighted by Gasteiger charge is 2.16. The Morgan fingerprint density at radius 2 is 1.75 bits per heavy atom. The molecule has 0 bridgehead atoms. The molecule has 7 nitrogen and oxygen atoms in total. The molecule has 0 spiro atoms. The number of rotatable bonds is 6. The average Bonchev–Trinajstić information content (AvgIpc) is 2.16. The lowest BCUT2D eigenvalue weighted by molar-refractivity contribution is -0.129. The molecule has 0 fully saturated rings. The van der Waals surface area contributed by atoms with Crippen LogP contribution in [0.2, 0.25) is 0 Å². The van der Waals surface area contributed by atoms with Crippen molar-refractivity contribution in [3.63, 3.8) is 0 Å². The number of primary amides is 1. The maximum absolute atomic E-state index is 11.4. The van der Waals surface area contributed by atoms with Gasteiger partial charge in [-0.2, -0.15) is 0 Å². The smallest absolute Gasteiger partial charge is 0.242 e. The van der Waals surface area contributed by atoms with Crippen LogP contribution in [0.1, 0.15) is 20.3 Å². The Morgan fingerprint density at radius 3 is 2.19 bits per heavy atom. The third-order valence-electron chi connectivity index (χ3n) is 1.84. The summed E-state index contributed by atoms with van der Waals surface area (Å²) in [5, 5.41) is 4.89. The number of amides is 3. The Kier molecular flexibility index (Phi) is 6.09. The second kappa shape index (κ2) is 6.78. The Morgan fingerprint density at radius 1 is 1.19 bits per heavy atom. The topological polar surface area (TPSA) is 127 Å². The van der Waals surface area contributed by atoms with E-state index in [1.807, 2.05) is 0 Å². The fourth-order valence-corrected chi connectivity index (χ4v) is 0.872. The highest BCUT2D eigenvalue weighted by molar-refractivity contribution is 5.89. The number of nitrogens with two attached hydrogens (primary N) is 2. The Labute approximate surface area is 93.9 Å². The molecule has 2 atom stereocenters. The Balaban J connectivity index is 3.90. The van der Waals surface area contributed by atoms with Gasteiger partial charge in [0.15, 0.2) is 0 Å². The summed E-state index contributed by atoms with van der Waals surface area (Å²) in [5.41, 5.74) is 10.2. The zero-order chi connectivity index (χ0) is 12.7. The van der Waals surface area contributed by atoms with Crippen LogP contribution in [0.25, 0.3) is 0 Å². The first-order valence-electron chi connectivity index (χ1n) is 4.96. The predicted molar refractivity (Wildman–Crippen MR) is 58.1 cm³/mol.